The predicted octanol–water partition coefficient (Wildman–Crippen LogP) is 2.49. The van der Waals surface area contributed by atoms with E-state index >= 15 is 0 Å². The number of tetrazole rings is 1. The van der Waals surface area contributed by atoms with Crippen LogP contribution in [0, 0.1) is 11.3 Å². The highest BCUT2D eigenvalue weighted by Gasteiger charge is 2.12. The van der Waals surface area contributed by atoms with Crippen LogP contribution in [0.15, 0.2) is 57.7 Å². The normalized spacial score (nSPS) is 11.3. The van der Waals surface area contributed by atoms with Crippen LogP contribution in [-0.4, -0.2) is 30.8 Å². The molecule has 0 bridgehead atoms. The number of rotatable bonds is 5. The Labute approximate surface area is 146 Å². The number of nitrogens with zero attached hydrogens (tertiary/aromatic N) is 6. The molecule has 2 N–H and O–H groups in total. The summed E-state index contributed by atoms with van der Waals surface area (Å²) in [6, 6.07) is 12.7. The molecule has 0 radical (unpaired) electrons. The highest BCUT2D eigenvalue weighted by atomic mass is 16.4. The van der Waals surface area contributed by atoms with Crippen molar-refractivity contribution < 1.29 is 8.83 Å². The van der Waals surface area contributed by atoms with Gasteiger partial charge in [-0.2, -0.15) is 10.5 Å². The van der Waals surface area contributed by atoms with Crippen molar-refractivity contribution in [3.8, 4) is 29.2 Å². The van der Waals surface area contributed by atoms with E-state index in [4.69, 9.17) is 14.1 Å². The highest BCUT2D eigenvalue weighted by molar-refractivity contribution is 5.74. The molecule has 0 spiro atoms. The minimum absolute atomic E-state index is 0.216. The number of H-pyrrole nitrogens is 1. The Hall–Kier alpha value is -4.26. The molecule has 0 saturated carbocycles. The van der Waals surface area contributed by atoms with Gasteiger partial charge in [0.15, 0.2) is 5.76 Å². The Bertz CT molecular complexity index is 1060. The van der Waals surface area contributed by atoms with E-state index in [0.29, 0.717) is 17.5 Å². The SMILES string of the molecule is N#CC(=CNc1ccc(-c2nnc(-c3ccco3)o2)cc1)c1nn[nH]n1. The molecule has 10 nitrogen and oxygen atoms in total. The third-order valence-electron chi connectivity index (χ3n) is 3.38. The van der Waals surface area contributed by atoms with Gasteiger partial charge >= 0.3 is 0 Å². The second-order valence-electron chi connectivity index (χ2n) is 5.02. The molecule has 3 aromatic heterocycles. The summed E-state index contributed by atoms with van der Waals surface area (Å²) in [6.07, 6.45) is 3.04. The van der Waals surface area contributed by atoms with E-state index in [-0.39, 0.29) is 11.4 Å². The maximum Gasteiger partial charge on any atom is 0.283 e. The van der Waals surface area contributed by atoms with Crippen LogP contribution in [0.3, 0.4) is 0 Å². The van der Waals surface area contributed by atoms with Crippen LogP contribution in [0.4, 0.5) is 5.69 Å². The third kappa shape index (κ3) is 3.04. The van der Waals surface area contributed by atoms with Crippen molar-refractivity contribution in [1.82, 2.24) is 30.8 Å². The minimum atomic E-state index is 0.216. The van der Waals surface area contributed by atoms with Crippen LogP contribution in [-0.2, 0) is 0 Å². The first-order chi connectivity index (χ1) is 12.8. The maximum atomic E-state index is 9.13. The summed E-state index contributed by atoms with van der Waals surface area (Å²) in [5, 5.41) is 33.4. The molecule has 0 aliphatic carbocycles. The molecule has 0 fully saturated rings. The molecule has 0 aliphatic heterocycles. The molecular formula is C16H10N8O2. The molecule has 4 rings (SSSR count). The van der Waals surface area contributed by atoms with Crippen molar-refractivity contribution in [3.05, 3.63) is 54.7 Å². The van der Waals surface area contributed by atoms with Crippen LogP contribution in [0.1, 0.15) is 5.82 Å². The van der Waals surface area contributed by atoms with E-state index < -0.39 is 0 Å². The average molecular weight is 346 g/mol. The summed E-state index contributed by atoms with van der Waals surface area (Å²) in [5.41, 5.74) is 1.77. The minimum Gasteiger partial charge on any atom is -0.459 e. The van der Waals surface area contributed by atoms with E-state index in [1.54, 1.807) is 12.1 Å². The van der Waals surface area contributed by atoms with E-state index in [1.807, 2.05) is 30.3 Å². The zero-order valence-electron chi connectivity index (χ0n) is 13.1. The Morgan fingerprint density at radius 1 is 1.12 bits per heavy atom. The molecule has 0 amide bonds. The van der Waals surface area contributed by atoms with Crippen molar-refractivity contribution in [2.75, 3.05) is 5.32 Å². The monoisotopic (exact) mass is 346 g/mol. The van der Waals surface area contributed by atoms with Gasteiger partial charge in [-0.05, 0) is 41.6 Å². The first-order valence-electron chi connectivity index (χ1n) is 7.42. The van der Waals surface area contributed by atoms with E-state index in [9.17, 15) is 0 Å². The quantitative estimate of drug-likeness (QED) is 0.521. The number of anilines is 1. The lowest BCUT2D eigenvalue weighted by Crippen LogP contribution is -1.93. The molecule has 26 heavy (non-hydrogen) atoms. The molecule has 0 saturated heterocycles. The molecule has 0 atom stereocenters. The summed E-state index contributed by atoms with van der Waals surface area (Å²) in [7, 11) is 0. The number of hydrogen-bond donors (Lipinski definition) is 2. The fraction of sp³-hybridized carbons (Fsp3) is 0. The number of furan rings is 1. The molecule has 10 heteroatoms. The van der Waals surface area contributed by atoms with Crippen LogP contribution >= 0.6 is 0 Å². The Balaban J connectivity index is 1.50. The second-order valence-corrected chi connectivity index (χ2v) is 5.02. The first-order valence-corrected chi connectivity index (χ1v) is 7.42. The van der Waals surface area contributed by atoms with E-state index in [2.05, 4.69) is 36.1 Å². The molecule has 3 heterocycles. The lowest BCUT2D eigenvalue weighted by atomic mass is 10.2. The zero-order chi connectivity index (χ0) is 17.8. The van der Waals surface area contributed by atoms with Gasteiger partial charge in [0.1, 0.15) is 11.6 Å². The topological polar surface area (TPSA) is 142 Å². The average Bonchev–Trinajstić information content (AvgIpc) is 3.43. The summed E-state index contributed by atoms with van der Waals surface area (Å²) in [5.74, 6) is 1.42. The van der Waals surface area contributed by atoms with Crippen LogP contribution < -0.4 is 5.32 Å². The van der Waals surface area contributed by atoms with Crippen LogP contribution in [0.25, 0.3) is 28.7 Å². The summed E-state index contributed by atoms with van der Waals surface area (Å²) in [4.78, 5) is 0. The van der Waals surface area contributed by atoms with E-state index in [1.165, 1.54) is 12.5 Å². The molecule has 0 unspecified atom stereocenters. The van der Waals surface area contributed by atoms with Crippen LogP contribution in [0.2, 0.25) is 0 Å². The predicted molar refractivity (Wildman–Crippen MR) is 88.8 cm³/mol. The smallest absolute Gasteiger partial charge is 0.283 e. The standard InChI is InChI=1S/C16H10N8O2/c17-8-11(14-19-23-24-20-14)9-18-12-5-3-10(4-6-12)15-21-22-16(26-15)13-2-1-7-25-13/h1-7,9,18H,(H,19,20,23,24). The fourth-order valence-corrected chi connectivity index (χ4v) is 2.13. The van der Waals surface area contributed by atoms with Gasteiger partial charge in [0.05, 0.1) is 6.26 Å². The highest BCUT2D eigenvalue weighted by Crippen LogP contribution is 2.25. The van der Waals surface area contributed by atoms with Crippen molar-refractivity contribution in [3.63, 3.8) is 0 Å². The van der Waals surface area contributed by atoms with Crippen molar-refractivity contribution in [2.24, 2.45) is 0 Å². The van der Waals surface area contributed by atoms with Gasteiger partial charge in [0.25, 0.3) is 5.89 Å². The molecule has 0 aliphatic rings. The molecule has 1 aromatic carbocycles. The van der Waals surface area contributed by atoms with E-state index in [0.717, 1.165) is 11.3 Å². The van der Waals surface area contributed by atoms with Gasteiger partial charge in [0.2, 0.25) is 11.7 Å². The Morgan fingerprint density at radius 2 is 1.96 bits per heavy atom. The fourth-order valence-electron chi connectivity index (χ4n) is 2.13. The molecule has 126 valence electrons. The van der Waals surface area contributed by atoms with Gasteiger partial charge in [-0.1, -0.05) is 0 Å². The van der Waals surface area contributed by atoms with Crippen LogP contribution in [0.5, 0.6) is 0 Å². The number of benzene rings is 1. The number of nitrogens with one attached hydrogen (secondary N) is 2. The first kappa shape index (κ1) is 15.3. The largest absolute Gasteiger partial charge is 0.459 e. The molecular weight excluding hydrogens is 336 g/mol. The summed E-state index contributed by atoms with van der Waals surface area (Å²) in [6.45, 7) is 0. The summed E-state index contributed by atoms with van der Waals surface area (Å²) < 4.78 is 10.8. The lowest BCUT2D eigenvalue weighted by Gasteiger charge is -2.02. The van der Waals surface area contributed by atoms with Gasteiger partial charge < -0.3 is 14.2 Å². The van der Waals surface area contributed by atoms with Crippen molar-refractivity contribution in [2.45, 2.75) is 0 Å². The lowest BCUT2D eigenvalue weighted by molar-refractivity contribution is 0.523. The van der Waals surface area contributed by atoms with Gasteiger partial charge in [-0.25, -0.2) is 0 Å². The zero-order valence-corrected chi connectivity index (χ0v) is 13.1. The number of aromatic nitrogens is 6. The summed E-state index contributed by atoms with van der Waals surface area (Å²) >= 11 is 0. The maximum absolute atomic E-state index is 9.13. The van der Waals surface area contributed by atoms with Crippen molar-refractivity contribution in [1.29, 1.82) is 5.26 Å². The van der Waals surface area contributed by atoms with Gasteiger partial charge in [-0.15, -0.1) is 20.4 Å². The molecule has 4 aromatic rings. The van der Waals surface area contributed by atoms with Gasteiger partial charge in [-0.3, -0.25) is 0 Å². The number of nitriles is 1. The number of allylic oxidation sites excluding steroid dienone is 1. The number of aromatic amines is 1. The Morgan fingerprint density at radius 3 is 2.65 bits per heavy atom. The van der Waals surface area contributed by atoms with Crippen molar-refractivity contribution >= 4 is 11.3 Å². The number of hydrogen-bond acceptors (Lipinski definition) is 9. The van der Waals surface area contributed by atoms with Gasteiger partial charge in [0, 0.05) is 17.5 Å². The Kier molecular flexibility index (Phi) is 3.94. The third-order valence-corrected chi connectivity index (χ3v) is 3.38. The second kappa shape index (κ2) is 6.70.